The minimum absolute atomic E-state index is 0. The summed E-state index contributed by atoms with van der Waals surface area (Å²) in [4.78, 5) is 13.1. The number of hydrogen-bond donors (Lipinski definition) is 2. The number of halogens is 2. The van der Waals surface area contributed by atoms with Gasteiger partial charge in [-0.1, -0.05) is 6.92 Å². The molecule has 1 aliphatic rings. The number of nitrogens with one attached hydrogen (secondary N) is 2. The Bertz CT molecular complexity index is 421. The summed E-state index contributed by atoms with van der Waals surface area (Å²) in [5.41, 5.74) is 0. The molecule has 2 N–H and O–H groups in total. The van der Waals surface area contributed by atoms with Gasteiger partial charge in [0.05, 0.1) is 10.3 Å². The number of amides is 1. The molecule has 0 saturated carbocycles. The smallest absolute Gasteiger partial charge is 0.220 e. The van der Waals surface area contributed by atoms with Crippen molar-refractivity contribution in [2.45, 2.75) is 32.7 Å². The lowest BCUT2D eigenvalue weighted by Crippen LogP contribution is -2.35. The molecule has 20 heavy (non-hydrogen) atoms. The number of thiophene rings is 1. The third-order valence-corrected chi connectivity index (χ3v) is 5.36. The second-order valence-corrected chi connectivity index (χ2v) is 7.82. The lowest BCUT2D eigenvalue weighted by Gasteiger charge is -2.27. The monoisotopic (exact) mass is 380 g/mol. The first-order valence-corrected chi connectivity index (χ1v) is 8.47. The van der Waals surface area contributed by atoms with E-state index in [0.29, 0.717) is 24.8 Å². The van der Waals surface area contributed by atoms with Crippen molar-refractivity contribution < 1.29 is 4.79 Å². The third kappa shape index (κ3) is 5.72. The zero-order chi connectivity index (χ0) is 13.7. The van der Waals surface area contributed by atoms with Gasteiger partial charge in [0.2, 0.25) is 5.91 Å². The SMILES string of the molecule is CC(CC(=O)NCc1ccc(Br)s1)C1CCCNC1.Cl. The molecule has 0 radical (unpaired) electrons. The zero-order valence-corrected chi connectivity index (χ0v) is 14.9. The number of hydrogen-bond acceptors (Lipinski definition) is 3. The van der Waals surface area contributed by atoms with Gasteiger partial charge in [0.15, 0.2) is 0 Å². The molecule has 1 amide bonds. The maximum Gasteiger partial charge on any atom is 0.220 e. The molecular weight excluding hydrogens is 360 g/mol. The maximum atomic E-state index is 11.9. The highest BCUT2D eigenvalue weighted by Crippen LogP contribution is 2.23. The van der Waals surface area contributed by atoms with Crippen LogP contribution < -0.4 is 10.6 Å². The fraction of sp³-hybridized carbons (Fsp3) is 0.643. The molecule has 1 fully saturated rings. The van der Waals surface area contributed by atoms with E-state index in [0.717, 1.165) is 16.9 Å². The van der Waals surface area contributed by atoms with Gasteiger partial charge in [0.1, 0.15) is 0 Å². The Morgan fingerprint density at radius 3 is 3.00 bits per heavy atom. The summed E-state index contributed by atoms with van der Waals surface area (Å²) in [5.74, 6) is 1.28. The summed E-state index contributed by atoms with van der Waals surface area (Å²) in [6.07, 6.45) is 3.12. The van der Waals surface area contributed by atoms with E-state index in [2.05, 4.69) is 33.5 Å². The van der Waals surface area contributed by atoms with Gasteiger partial charge >= 0.3 is 0 Å². The Morgan fingerprint density at radius 2 is 2.40 bits per heavy atom. The Labute approximate surface area is 139 Å². The second-order valence-electron chi connectivity index (χ2n) is 5.27. The van der Waals surface area contributed by atoms with Crippen molar-refractivity contribution in [3.05, 3.63) is 20.8 Å². The zero-order valence-electron chi connectivity index (χ0n) is 11.7. The van der Waals surface area contributed by atoms with Crippen LogP contribution in [0.5, 0.6) is 0 Å². The summed E-state index contributed by atoms with van der Waals surface area (Å²) in [6, 6.07) is 4.06. The van der Waals surface area contributed by atoms with Crippen LogP contribution in [0, 0.1) is 11.8 Å². The van der Waals surface area contributed by atoms with E-state index in [9.17, 15) is 4.79 Å². The van der Waals surface area contributed by atoms with E-state index in [-0.39, 0.29) is 18.3 Å². The van der Waals surface area contributed by atoms with Gasteiger partial charge < -0.3 is 10.6 Å². The number of piperidine rings is 1. The summed E-state index contributed by atoms with van der Waals surface area (Å²) in [5, 5.41) is 6.43. The summed E-state index contributed by atoms with van der Waals surface area (Å²) < 4.78 is 1.11. The average molecular weight is 382 g/mol. The highest BCUT2D eigenvalue weighted by atomic mass is 79.9. The molecule has 0 bridgehead atoms. The summed E-state index contributed by atoms with van der Waals surface area (Å²) in [7, 11) is 0. The van der Waals surface area contributed by atoms with Crippen molar-refractivity contribution >= 4 is 45.6 Å². The molecule has 114 valence electrons. The molecule has 1 aromatic heterocycles. The van der Waals surface area contributed by atoms with Crippen LogP contribution in [0.15, 0.2) is 15.9 Å². The Balaban J connectivity index is 0.00000200. The van der Waals surface area contributed by atoms with Crippen LogP contribution in [0.3, 0.4) is 0 Å². The minimum Gasteiger partial charge on any atom is -0.351 e. The first kappa shape index (κ1) is 18.0. The third-order valence-electron chi connectivity index (χ3n) is 3.74. The van der Waals surface area contributed by atoms with Gasteiger partial charge in [-0.2, -0.15) is 0 Å². The van der Waals surface area contributed by atoms with Crippen molar-refractivity contribution in [3.63, 3.8) is 0 Å². The summed E-state index contributed by atoms with van der Waals surface area (Å²) in [6.45, 7) is 5.03. The molecule has 2 heterocycles. The van der Waals surface area contributed by atoms with Crippen molar-refractivity contribution in [1.82, 2.24) is 10.6 Å². The summed E-state index contributed by atoms with van der Waals surface area (Å²) >= 11 is 5.10. The molecule has 0 spiro atoms. The van der Waals surface area contributed by atoms with E-state index >= 15 is 0 Å². The molecule has 1 saturated heterocycles. The Morgan fingerprint density at radius 1 is 1.60 bits per heavy atom. The quantitative estimate of drug-likeness (QED) is 0.818. The van der Waals surface area contributed by atoms with E-state index in [1.165, 1.54) is 17.7 Å². The topological polar surface area (TPSA) is 41.1 Å². The van der Waals surface area contributed by atoms with Crippen LogP contribution in [0.25, 0.3) is 0 Å². The standard InChI is InChI=1S/C14H21BrN2OS.ClH/c1-10(11-3-2-6-16-8-11)7-14(18)17-9-12-4-5-13(15)19-12;/h4-5,10-11,16H,2-3,6-9H2,1H3,(H,17,18);1H. The first-order valence-electron chi connectivity index (χ1n) is 6.87. The van der Waals surface area contributed by atoms with Crippen LogP contribution in [0.4, 0.5) is 0 Å². The largest absolute Gasteiger partial charge is 0.351 e. The highest BCUT2D eigenvalue weighted by molar-refractivity contribution is 9.11. The van der Waals surface area contributed by atoms with Crippen molar-refractivity contribution in [2.24, 2.45) is 11.8 Å². The van der Waals surface area contributed by atoms with Gasteiger partial charge in [-0.3, -0.25) is 4.79 Å². The van der Waals surface area contributed by atoms with Crippen LogP contribution in [-0.2, 0) is 11.3 Å². The van der Waals surface area contributed by atoms with Gasteiger partial charge in [-0.05, 0) is 65.8 Å². The second kappa shape index (κ2) is 9.03. The van der Waals surface area contributed by atoms with E-state index in [4.69, 9.17) is 0 Å². The fourth-order valence-electron chi connectivity index (χ4n) is 2.53. The number of carbonyl (C=O) groups excluding carboxylic acids is 1. The molecule has 3 nitrogen and oxygen atoms in total. The molecule has 0 aliphatic carbocycles. The Hall–Kier alpha value is -0.100. The Kier molecular flexibility index (Phi) is 8.10. The normalized spacial score (nSPS) is 20.0. The van der Waals surface area contributed by atoms with E-state index in [1.807, 2.05) is 12.1 Å². The lowest BCUT2D eigenvalue weighted by molar-refractivity contribution is -0.122. The van der Waals surface area contributed by atoms with Crippen molar-refractivity contribution in [2.75, 3.05) is 13.1 Å². The van der Waals surface area contributed by atoms with Gasteiger partial charge in [-0.15, -0.1) is 23.7 Å². The van der Waals surface area contributed by atoms with Crippen LogP contribution >= 0.6 is 39.7 Å². The van der Waals surface area contributed by atoms with Gasteiger partial charge in [0, 0.05) is 11.3 Å². The molecule has 0 aromatic carbocycles. The predicted molar refractivity (Wildman–Crippen MR) is 90.5 cm³/mol. The molecule has 2 atom stereocenters. The van der Waals surface area contributed by atoms with Gasteiger partial charge in [-0.25, -0.2) is 0 Å². The van der Waals surface area contributed by atoms with Crippen molar-refractivity contribution in [1.29, 1.82) is 0 Å². The molecular formula is C14H22BrClN2OS. The number of carbonyl (C=O) groups is 1. The minimum atomic E-state index is 0. The van der Waals surface area contributed by atoms with Crippen LogP contribution in [-0.4, -0.2) is 19.0 Å². The first-order chi connectivity index (χ1) is 9.15. The fourth-order valence-corrected chi connectivity index (χ4v) is 3.95. The average Bonchev–Trinajstić information content (AvgIpc) is 2.83. The number of rotatable bonds is 5. The molecule has 6 heteroatoms. The molecule has 2 rings (SSSR count). The molecule has 1 aromatic rings. The molecule has 2 unspecified atom stereocenters. The van der Waals surface area contributed by atoms with E-state index < -0.39 is 0 Å². The van der Waals surface area contributed by atoms with Crippen molar-refractivity contribution in [3.8, 4) is 0 Å². The predicted octanol–water partition coefficient (Wildman–Crippen LogP) is 3.57. The van der Waals surface area contributed by atoms with Crippen LogP contribution in [0.1, 0.15) is 31.1 Å². The molecule has 1 aliphatic heterocycles. The maximum absolute atomic E-state index is 11.9. The van der Waals surface area contributed by atoms with Gasteiger partial charge in [0.25, 0.3) is 0 Å². The lowest BCUT2D eigenvalue weighted by atomic mass is 9.85. The van der Waals surface area contributed by atoms with E-state index in [1.54, 1.807) is 11.3 Å². The van der Waals surface area contributed by atoms with Crippen LogP contribution in [0.2, 0.25) is 0 Å². The highest BCUT2D eigenvalue weighted by Gasteiger charge is 2.21.